The van der Waals surface area contributed by atoms with E-state index in [1.165, 1.54) is 0 Å². The van der Waals surface area contributed by atoms with Gasteiger partial charge in [-0.05, 0) is 6.07 Å². The minimum absolute atomic E-state index is 0. The number of ether oxygens (including phenoxy) is 2. The molecule has 4 nitrogen and oxygen atoms in total. The summed E-state index contributed by atoms with van der Waals surface area (Å²) in [6.45, 7) is 4.40. The number of pyridine rings is 1. The Kier molecular flexibility index (Phi) is 3.86. The molecule has 2 aliphatic heterocycles. The molecule has 2 saturated heterocycles. The van der Waals surface area contributed by atoms with Crippen LogP contribution >= 0.6 is 12.4 Å². The van der Waals surface area contributed by atoms with E-state index < -0.39 is 0 Å². The van der Waals surface area contributed by atoms with Gasteiger partial charge in [0, 0.05) is 36.7 Å². The first kappa shape index (κ1) is 12.6. The third kappa shape index (κ3) is 2.39. The standard InChI is InChI=1S/C12H16N2O2.ClH/c1-2-4-14-11(3-1)16-9-12-7-13-5-10(12)6-15-8-12;/h1-4,10,13H,5-9H2;1H/t10-,12+;/m1./s1. The van der Waals surface area contributed by atoms with Crippen molar-refractivity contribution in [2.24, 2.45) is 11.3 Å². The molecule has 1 aromatic heterocycles. The Morgan fingerprint density at radius 2 is 2.47 bits per heavy atom. The summed E-state index contributed by atoms with van der Waals surface area (Å²) in [4.78, 5) is 4.17. The molecule has 0 bridgehead atoms. The summed E-state index contributed by atoms with van der Waals surface area (Å²) in [7, 11) is 0. The summed E-state index contributed by atoms with van der Waals surface area (Å²) in [6.07, 6.45) is 1.75. The van der Waals surface area contributed by atoms with Crippen LogP contribution in [0.2, 0.25) is 0 Å². The summed E-state index contributed by atoms with van der Waals surface area (Å²) >= 11 is 0. The molecular weight excluding hydrogens is 240 g/mol. The fourth-order valence-electron chi connectivity index (χ4n) is 2.53. The maximum Gasteiger partial charge on any atom is 0.213 e. The first-order chi connectivity index (χ1) is 7.89. The molecule has 1 aromatic rings. The molecule has 0 saturated carbocycles. The maximum absolute atomic E-state index is 5.76. The quantitative estimate of drug-likeness (QED) is 0.880. The topological polar surface area (TPSA) is 43.4 Å². The average molecular weight is 257 g/mol. The number of nitrogens with one attached hydrogen (secondary N) is 1. The predicted molar refractivity (Wildman–Crippen MR) is 66.6 cm³/mol. The summed E-state index contributed by atoms with van der Waals surface area (Å²) in [5.74, 6) is 1.30. The molecule has 0 aromatic carbocycles. The largest absolute Gasteiger partial charge is 0.477 e. The van der Waals surface area contributed by atoms with Crippen molar-refractivity contribution in [2.45, 2.75) is 0 Å². The van der Waals surface area contributed by atoms with Crippen LogP contribution in [0.5, 0.6) is 5.88 Å². The van der Waals surface area contributed by atoms with Crippen LogP contribution in [0.4, 0.5) is 0 Å². The van der Waals surface area contributed by atoms with Crippen LogP contribution < -0.4 is 10.1 Å². The van der Waals surface area contributed by atoms with Crippen LogP contribution in [0.3, 0.4) is 0 Å². The van der Waals surface area contributed by atoms with E-state index in [9.17, 15) is 0 Å². The first-order valence-electron chi connectivity index (χ1n) is 5.71. The summed E-state index contributed by atoms with van der Waals surface area (Å²) in [5, 5.41) is 3.42. The van der Waals surface area contributed by atoms with E-state index >= 15 is 0 Å². The van der Waals surface area contributed by atoms with E-state index in [1.807, 2.05) is 18.2 Å². The summed E-state index contributed by atoms with van der Waals surface area (Å²) in [6, 6.07) is 5.73. The SMILES string of the molecule is Cl.c1ccc(OC[C@@]23CNC[C@@H]2COC3)nc1. The molecule has 2 fully saturated rings. The van der Waals surface area contributed by atoms with Gasteiger partial charge in [-0.3, -0.25) is 0 Å². The van der Waals surface area contributed by atoms with Gasteiger partial charge in [0.05, 0.1) is 19.8 Å². The van der Waals surface area contributed by atoms with Gasteiger partial charge in [-0.25, -0.2) is 4.98 Å². The fraction of sp³-hybridized carbons (Fsp3) is 0.583. The van der Waals surface area contributed by atoms with E-state index in [0.717, 1.165) is 26.3 Å². The molecule has 0 aliphatic carbocycles. The molecule has 0 unspecified atom stereocenters. The van der Waals surface area contributed by atoms with Gasteiger partial charge in [0.15, 0.2) is 0 Å². The summed E-state index contributed by atoms with van der Waals surface area (Å²) in [5.41, 5.74) is 0.164. The van der Waals surface area contributed by atoms with Gasteiger partial charge in [-0.2, -0.15) is 0 Å². The first-order valence-corrected chi connectivity index (χ1v) is 5.71. The lowest BCUT2D eigenvalue weighted by Gasteiger charge is -2.25. The molecule has 2 aliphatic rings. The second-order valence-corrected chi connectivity index (χ2v) is 4.66. The minimum atomic E-state index is 0. The lowest BCUT2D eigenvalue weighted by atomic mass is 9.82. The minimum Gasteiger partial charge on any atom is -0.477 e. The van der Waals surface area contributed by atoms with Crippen molar-refractivity contribution in [3.05, 3.63) is 24.4 Å². The Labute approximate surface area is 107 Å². The molecule has 3 rings (SSSR count). The Morgan fingerprint density at radius 1 is 1.53 bits per heavy atom. The zero-order valence-corrected chi connectivity index (χ0v) is 10.4. The van der Waals surface area contributed by atoms with Gasteiger partial charge in [0.2, 0.25) is 5.88 Å². The third-order valence-electron chi connectivity index (χ3n) is 3.59. The van der Waals surface area contributed by atoms with Crippen molar-refractivity contribution in [1.82, 2.24) is 10.3 Å². The highest BCUT2D eigenvalue weighted by Gasteiger charge is 2.48. The number of hydrogen-bond acceptors (Lipinski definition) is 4. The fourth-order valence-corrected chi connectivity index (χ4v) is 2.53. The molecule has 0 amide bonds. The van der Waals surface area contributed by atoms with Crippen molar-refractivity contribution in [2.75, 3.05) is 32.9 Å². The molecule has 94 valence electrons. The number of hydrogen-bond donors (Lipinski definition) is 1. The highest BCUT2D eigenvalue weighted by molar-refractivity contribution is 5.85. The van der Waals surface area contributed by atoms with Gasteiger partial charge < -0.3 is 14.8 Å². The molecule has 17 heavy (non-hydrogen) atoms. The Hall–Kier alpha value is -0.840. The van der Waals surface area contributed by atoms with E-state index in [0.29, 0.717) is 18.4 Å². The van der Waals surface area contributed by atoms with Gasteiger partial charge >= 0.3 is 0 Å². The van der Waals surface area contributed by atoms with Crippen LogP contribution in [-0.4, -0.2) is 37.9 Å². The molecular formula is C12H17ClN2O2. The number of halogens is 1. The van der Waals surface area contributed by atoms with Crippen molar-refractivity contribution >= 4 is 12.4 Å². The monoisotopic (exact) mass is 256 g/mol. The smallest absolute Gasteiger partial charge is 0.213 e. The van der Waals surface area contributed by atoms with Gasteiger partial charge in [0.25, 0.3) is 0 Å². The van der Waals surface area contributed by atoms with Crippen molar-refractivity contribution in [3.8, 4) is 5.88 Å². The van der Waals surface area contributed by atoms with E-state index in [2.05, 4.69) is 10.3 Å². The van der Waals surface area contributed by atoms with Crippen molar-refractivity contribution in [3.63, 3.8) is 0 Å². The molecule has 5 heteroatoms. The van der Waals surface area contributed by atoms with Crippen LogP contribution in [0, 0.1) is 11.3 Å². The Morgan fingerprint density at radius 3 is 3.29 bits per heavy atom. The van der Waals surface area contributed by atoms with Gasteiger partial charge in [-0.1, -0.05) is 6.07 Å². The van der Waals surface area contributed by atoms with Crippen LogP contribution in [-0.2, 0) is 4.74 Å². The highest BCUT2D eigenvalue weighted by atomic mass is 35.5. The normalized spacial score (nSPS) is 30.7. The second kappa shape index (κ2) is 5.21. The van der Waals surface area contributed by atoms with E-state index in [-0.39, 0.29) is 17.8 Å². The molecule has 3 heterocycles. The number of aromatic nitrogens is 1. The maximum atomic E-state index is 5.76. The molecule has 0 radical (unpaired) electrons. The second-order valence-electron chi connectivity index (χ2n) is 4.66. The van der Waals surface area contributed by atoms with Crippen LogP contribution in [0.1, 0.15) is 0 Å². The zero-order chi connectivity index (χ0) is 10.8. The molecule has 2 atom stereocenters. The highest BCUT2D eigenvalue weighted by Crippen LogP contribution is 2.37. The zero-order valence-electron chi connectivity index (χ0n) is 9.59. The van der Waals surface area contributed by atoms with Crippen molar-refractivity contribution < 1.29 is 9.47 Å². The van der Waals surface area contributed by atoms with Crippen LogP contribution in [0.15, 0.2) is 24.4 Å². The lowest BCUT2D eigenvalue weighted by Crippen LogP contribution is -2.36. The number of nitrogens with zero attached hydrogens (tertiary/aromatic N) is 1. The molecule has 1 N–H and O–H groups in total. The number of rotatable bonds is 3. The van der Waals surface area contributed by atoms with E-state index in [1.54, 1.807) is 6.20 Å². The van der Waals surface area contributed by atoms with Crippen molar-refractivity contribution in [1.29, 1.82) is 0 Å². The molecule has 0 spiro atoms. The Balaban J connectivity index is 0.00000108. The number of fused-ring (bicyclic) bond motifs is 1. The summed E-state index contributed by atoms with van der Waals surface area (Å²) < 4.78 is 11.3. The van der Waals surface area contributed by atoms with Gasteiger partial charge in [0.1, 0.15) is 0 Å². The lowest BCUT2D eigenvalue weighted by molar-refractivity contribution is 0.106. The average Bonchev–Trinajstić information content (AvgIpc) is 2.87. The third-order valence-corrected chi connectivity index (χ3v) is 3.59. The van der Waals surface area contributed by atoms with Gasteiger partial charge in [-0.15, -0.1) is 12.4 Å². The predicted octanol–water partition coefficient (Wildman–Crippen LogP) is 1.12. The van der Waals surface area contributed by atoms with Crippen LogP contribution in [0.25, 0.3) is 0 Å². The Bertz CT molecular complexity index is 351. The van der Waals surface area contributed by atoms with E-state index in [4.69, 9.17) is 9.47 Å².